The van der Waals surface area contributed by atoms with Crippen LogP contribution in [0.4, 0.5) is 34.9 Å². The SMILES string of the molecule is CN(C)CCCNC(=O)c1nc(NC(=O)c2nc(NC(=O)c3nc(NC(=O)c4ccc(C(=O)Nc5cn(C)c(C(=O)Nc6cn(C)c(C(=O)Nc7cn(C)c(C(=O)NCCCN(C)C)n7)n6)n5)nc4)cn3C)cn2C)cn1C. The lowest BCUT2D eigenvalue weighted by molar-refractivity contribution is 0.0931. The minimum absolute atomic E-state index is 0.00239. The molecule has 0 aliphatic rings. The Morgan fingerprint density at radius 2 is 0.654 bits per heavy atom. The van der Waals surface area contributed by atoms with E-state index in [0.717, 1.165) is 32.1 Å². The topological polar surface area (TPSA) is 359 Å². The van der Waals surface area contributed by atoms with Gasteiger partial charge in [0.15, 0.2) is 34.9 Å². The van der Waals surface area contributed by atoms with Crippen LogP contribution in [0, 0.1) is 0 Å². The molecule has 0 fully saturated rings. The highest BCUT2D eigenvalue weighted by molar-refractivity contribution is 6.08. The molecule has 7 aromatic rings. The van der Waals surface area contributed by atoms with Gasteiger partial charge in [0.05, 0.1) is 5.56 Å². The number of anilines is 6. The number of hydrogen-bond donors (Lipinski definition) is 8. The van der Waals surface area contributed by atoms with Gasteiger partial charge < -0.3 is 79.7 Å². The highest BCUT2D eigenvalue weighted by atomic mass is 16.2. The van der Waals surface area contributed by atoms with E-state index in [2.05, 4.69) is 77.4 Å². The minimum atomic E-state index is -0.709. The lowest BCUT2D eigenvalue weighted by atomic mass is 10.2. The van der Waals surface area contributed by atoms with Crippen molar-refractivity contribution < 1.29 is 38.4 Å². The lowest BCUT2D eigenvalue weighted by Crippen LogP contribution is -2.29. The summed E-state index contributed by atoms with van der Waals surface area (Å²) in [5, 5.41) is 21.2. The van der Waals surface area contributed by atoms with Crippen LogP contribution in [0.1, 0.15) is 97.4 Å². The third kappa shape index (κ3) is 13.9. The minimum Gasteiger partial charge on any atom is -0.349 e. The van der Waals surface area contributed by atoms with Crippen molar-refractivity contribution in [1.29, 1.82) is 0 Å². The Bertz CT molecular complexity index is 3190. The number of nitrogens with zero attached hydrogens (tertiary/aromatic N) is 15. The third-order valence-electron chi connectivity index (χ3n) is 11.3. The molecule has 0 saturated heterocycles. The molecular weight excluding hydrogens is 1010 g/mol. The molecule has 0 radical (unpaired) electrons. The summed E-state index contributed by atoms with van der Waals surface area (Å²) in [6.07, 6.45) is 11.3. The maximum atomic E-state index is 13.3. The fourth-order valence-electron chi connectivity index (χ4n) is 7.50. The summed E-state index contributed by atoms with van der Waals surface area (Å²) in [4.78, 5) is 138. The smallest absolute Gasteiger partial charge is 0.292 e. The molecule has 7 aromatic heterocycles. The van der Waals surface area contributed by atoms with Crippen molar-refractivity contribution in [3.05, 3.63) is 102 Å². The number of aryl methyl sites for hydroxylation is 6. The number of nitrogens with one attached hydrogen (secondary N) is 8. The summed E-state index contributed by atoms with van der Waals surface area (Å²) in [6, 6.07) is 2.65. The highest BCUT2D eigenvalue weighted by Crippen LogP contribution is 2.18. The first kappa shape index (κ1) is 55.8. The maximum absolute atomic E-state index is 13.3. The lowest BCUT2D eigenvalue weighted by Gasteiger charge is -2.09. The molecule has 0 unspecified atom stereocenters. The number of aromatic nitrogens is 13. The van der Waals surface area contributed by atoms with Gasteiger partial charge in [-0.2, -0.15) is 0 Å². The number of carbonyl (C=O) groups is 8. The van der Waals surface area contributed by atoms with Crippen LogP contribution in [-0.2, 0) is 42.3 Å². The Morgan fingerprint density at radius 1 is 0.385 bits per heavy atom. The van der Waals surface area contributed by atoms with Gasteiger partial charge in [-0.1, -0.05) is 0 Å². The van der Waals surface area contributed by atoms with Crippen molar-refractivity contribution in [1.82, 2.24) is 82.7 Å². The fourth-order valence-corrected chi connectivity index (χ4v) is 7.50. The number of amides is 8. The predicted octanol–water partition coefficient (Wildman–Crippen LogP) is 0.359. The van der Waals surface area contributed by atoms with Gasteiger partial charge in [-0.15, -0.1) is 0 Å². The quantitative estimate of drug-likeness (QED) is 0.0425. The van der Waals surface area contributed by atoms with Crippen LogP contribution in [0.2, 0.25) is 0 Å². The summed E-state index contributed by atoms with van der Waals surface area (Å²) < 4.78 is 8.49. The van der Waals surface area contributed by atoms with E-state index < -0.39 is 47.3 Å². The van der Waals surface area contributed by atoms with Crippen molar-refractivity contribution in [3.63, 3.8) is 0 Å². The van der Waals surface area contributed by atoms with Gasteiger partial charge in [-0.05, 0) is 66.3 Å². The number of imidazole rings is 6. The van der Waals surface area contributed by atoms with E-state index in [1.165, 1.54) is 90.8 Å². The standard InChI is InChI=1S/C47H59N23O8/c1-63(2)17-11-15-48-42(73)34-51-30(22-65(34)5)59-46(77)38-55-32(24-69(38)9)61-44(75)36-53-28(20-67(36)7)57-40(71)26-13-14-27(50-19-26)41(72)58-29-21-68(8)37(54-29)45(76)62-33-25-70(10)39(56-33)47(78)60-31-23-66(6)35(52-31)43(74)49-16-12-18-64(3)4/h13-14,19-25H,11-12,15-18H2,1-10H3,(H,48,73)(H,49,74)(H,57,71)(H,58,72)(H,59,77)(H,60,78)(H,61,75)(H,62,76). The Hall–Kier alpha value is -9.91. The normalized spacial score (nSPS) is 11.1. The molecule has 31 nitrogen and oxygen atoms in total. The molecule has 410 valence electrons. The molecule has 8 N–H and O–H groups in total. The number of hydrogen-bond acceptors (Lipinski definition) is 17. The van der Waals surface area contributed by atoms with Crippen molar-refractivity contribution in [2.24, 2.45) is 42.3 Å². The van der Waals surface area contributed by atoms with Crippen LogP contribution in [0.25, 0.3) is 0 Å². The molecule has 78 heavy (non-hydrogen) atoms. The zero-order chi connectivity index (χ0) is 56.5. The van der Waals surface area contributed by atoms with E-state index in [-0.39, 0.29) is 81.1 Å². The molecule has 0 aliphatic heterocycles. The number of carbonyl (C=O) groups excluding carboxylic acids is 8. The zero-order valence-electron chi connectivity index (χ0n) is 44.4. The summed E-state index contributed by atoms with van der Waals surface area (Å²) in [5.41, 5.74) is -0.0421. The van der Waals surface area contributed by atoms with Gasteiger partial charge in [0.25, 0.3) is 47.3 Å². The van der Waals surface area contributed by atoms with Crippen LogP contribution in [0.3, 0.4) is 0 Å². The first-order valence-corrected chi connectivity index (χ1v) is 23.9. The molecule has 0 bridgehead atoms. The van der Waals surface area contributed by atoms with Crippen LogP contribution in [0.5, 0.6) is 0 Å². The molecule has 0 aliphatic carbocycles. The molecule has 0 aromatic carbocycles. The number of pyridine rings is 1. The van der Waals surface area contributed by atoms with E-state index in [4.69, 9.17) is 0 Å². The summed E-state index contributed by atoms with van der Waals surface area (Å²) >= 11 is 0. The van der Waals surface area contributed by atoms with Gasteiger partial charge in [0, 0.05) is 98.8 Å². The average molecular weight is 1070 g/mol. The second kappa shape index (κ2) is 24.2. The second-order valence-electron chi connectivity index (χ2n) is 18.3. The van der Waals surface area contributed by atoms with E-state index in [1.807, 2.05) is 38.0 Å². The van der Waals surface area contributed by atoms with Gasteiger partial charge >= 0.3 is 0 Å². The Kier molecular flexibility index (Phi) is 17.3. The highest BCUT2D eigenvalue weighted by Gasteiger charge is 2.24. The van der Waals surface area contributed by atoms with Crippen LogP contribution >= 0.6 is 0 Å². The van der Waals surface area contributed by atoms with E-state index in [9.17, 15) is 38.4 Å². The molecule has 7 rings (SSSR count). The second-order valence-corrected chi connectivity index (χ2v) is 18.3. The van der Waals surface area contributed by atoms with Crippen molar-refractivity contribution in [3.8, 4) is 0 Å². The van der Waals surface area contributed by atoms with Gasteiger partial charge in [0.1, 0.15) is 5.69 Å². The molecule has 0 spiro atoms. The maximum Gasteiger partial charge on any atom is 0.292 e. The number of rotatable bonds is 22. The molecule has 0 atom stereocenters. The Morgan fingerprint density at radius 3 is 0.923 bits per heavy atom. The van der Waals surface area contributed by atoms with Crippen molar-refractivity contribution >= 4 is 82.2 Å². The molecule has 7 heterocycles. The summed E-state index contributed by atoms with van der Waals surface area (Å²) in [5.74, 6) is -4.72. The predicted molar refractivity (Wildman–Crippen MR) is 282 cm³/mol. The molecule has 31 heteroatoms. The molecular formula is C47H59N23O8. The summed E-state index contributed by atoms with van der Waals surface area (Å²) in [6.45, 7) is 2.50. The van der Waals surface area contributed by atoms with Crippen LogP contribution < -0.4 is 42.5 Å². The fraction of sp³-hybridized carbons (Fsp3) is 0.340. The van der Waals surface area contributed by atoms with Crippen LogP contribution in [0.15, 0.2) is 55.5 Å². The zero-order valence-corrected chi connectivity index (χ0v) is 44.4. The first-order chi connectivity index (χ1) is 37.0. The third-order valence-corrected chi connectivity index (χ3v) is 11.3. The van der Waals surface area contributed by atoms with E-state index >= 15 is 0 Å². The van der Waals surface area contributed by atoms with Gasteiger partial charge in [0.2, 0.25) is 34.9 Å². The van der Waals surface area contributed by atoms with Crippen molar-refractivity contribution in [2.75, 3.05) is 86.3 Å². The molecule has 8 amide bonds. The average Bonchev–Trinajstić information content (AvgIpc) is 4.25. The Balaban J connectivity index is 0.882. The van der Waals surface area contributed by atoms with Gasteiger partial charge in [-0.3, -0.25) is 43.3 Å². The summed E-state index contributed by atoms with van der Waals surface area (Å²) in [7, 11) is 17.2. The van der Waals surface area contributed by atoms with Crippen molar-refractivity contribution in [2.45, 2.75) is 12.8 Å². The first-order valence-electron chi connectivity index (χ1n) is 23.9. The monoisotopic (exact) mass is 1070 g/mol. The molecule has 0 saturated carbocycles. The largest absolute Gasteiger partial charge is 0.349 e. The van der Waals surface area contributed by atoms with Crippen LogP contribution in [-0.4, -0.2) is 174 Å². The van der Waals surface area contributed by atoms with Gasteiger partial charge in [-0.25, -0.2) is 29.9 Å². The van der Waals surface area contributed by atoms with E-state index in [1.54, 1.807) is 28.2 Å². The van der Waals surface area contributed by atoms with E-state index in [0.29, 0.717) is 13.1 Å². The Labute approximate surface area is 445 Å².